The fraction of sp³-hybridized carbons (Fsp3) is 0.290. The van der Waals surface area contributed by atoms with E-state index in [9.17, 15) is 9.90 Å². The van der Waals surface area contributed by atoms with Gasteiger partial charge in [-0.05, 0) is 60.1 Å². The van der Waals surface area contributed by atoms with E-state index >= 15 is 0 Å². The van der Waals surface area contributed by atoms with E-state index in [0.29, 0.717) is 81.5 Å². The minimum absolute atomic E-state index is 0.0721. The minimum atomic E-state index is -1.16. The van der Waals surface area contributed by atoms with Gasteiger partial charge in [-0.2, -0.15) is 0 Å². The van der Waals surface area contributed by atoms with Gasteiger partial charge >= 0.3 is 0 Å². The van der Waals surface area contributed by atoms with Crippen LogP contribution in [0, 0.1) is 0 Å². The molecule has 2 aromatic heterocycles. The summed E-state index contributed by atoms with van der Waals surface area (Å²) in [6.07, 6.45) is 5.73. The van der Waals surface area contributed by atoms with Crippen LogP contribution in [0.2, 0.25) is 0 Å². The van der Waals surface area contributed by atoms with Gasteiger partial charge in [-0.3, -0.25) is 4.79 Å². The molecule has 0 aliphatic carbocycles. The molecule has 1 amide bonds. The predicted octanol–water partition coefficient (Wildman–Crippen LogP) is 6.12. The van der Waals surface area contributed by atoms with Gasteiger partial charge in [0.25, 0.3) is 0 Å². The average molecular weight is 635 g/mol. The summed E-state index contributed by atoms with van der Waals surface area (Å²) in [5.74, 6) is 2.48. The van der Waals surface area contributed by atoms with Crippen LogP contribution >= 0.6 is 15.9 Å². The number of hydrogen-bond donors (Lipinski definition) is 2. The maximum Gasteiger partial charge on any atom is 0.245 e. The number of carbonyl (C=O) groups excluding carboxylic acids is 1. The van der Waals surface area contributed by atoms with Crippen molar-refractivity contribution in [2.24, 2.45) is 0 Å². The van der Waals surface area contributed by atoms with Crippen LogP contribution in [0.3, 0.4) is 0 Å². The van der Waals surface area contributed by atoms with Crippen molar-refractivity contribution in [3.8, 4) is 23.1 Å². The fourth-order valence-electron chi connectivity index (χ4n) is 4.83. The van der Waals surface area contributed by atoms with E-state index in [2.05, 4.69) is 42.8 Å². The number of hydrogen-bond acceptors (Lipinski definition) is 9. The molecule has 1 aliphatic rings. The Hall–Kier alpha value is -4.22. The number of piperidine rings is 1. The third-order valence-electron chi connectivity index (χ3n) is 6.99. The van der Waals surface area contributed by atoms with Gasteiger partial charge in [0.1, 0.15) is 24.0 Å². The van der Waals surface area contributed by atoms with Gasteiger partial charge in [-0.25, -0.2) is 15.0 Å². The lowest BCUT2D eigenvalue weighted by Crippen LogP contribution is -2.41. The first-order valence-corrected chi connectivity index (χ1v) is 14.3. The number of likely N-dealkylation sites (tertiary alicyclic amines) is 1. The van der Waals surface area contributed by atoms with E-state index in [-0.39, 0.29) is 12.0 Å². The molecule has 11 heteroatoms. The Morgan fingerprint density at radius 2 is 1.93 bits per heavy atom. The fourth-order valence-corrected chi connectivity index (χ4v) is 5.16. The predicted molar refractivity (Wildman–Crippen MR) is 163 cm³/mol. The summed E-state index contributed by atoms with van der Waals surface area (Å²) in [6.45, 7) is 8.19. The van der Waals surface area contributed by atoms with Crippen molar-refractivity contribution in [2.75, 3.05) is 25.5 Å². The molecule has 0 radical (unpaired) electrons. The molecule has 0 bridgehead atoms. The molecule has 218 valence electrons. The van der Waals surface area contributed by atoms with Crippen LogP contribution < -0.4 is 19.5 Å². The highest BCUT2D eigenvalue weighted by Gasteiger charge is 2.25. The van der Waals surface area contributed by atoms with Crippen LogP contribution in [-0.2, 0) is 10.4 Å². The van der Waals surface area contributed by atoms with E-state index in [0.717, 1.165) is 0 Å². The number of rotatable bonds is 9. The zero-order valence-corrected chi connectivity index (χ0v) is 25.2. The summed E-state index contributed by atoms with van der Waals surface area (Å²) in [6, 6.07) is 12.7. The smallest absolute Gasteiger partial charge is 0.245 e. The largest absolute Gasteiger partial charge is 0.493 e. The quantitative estimate of drug-likeness (QED) is 0.210. The van der Waals surface area contributed by atoms with E-state index < -0.39 is 5.60 Å². The van der Waals surface area contributed by atoms with Crippen molar-refractivity contribution in [2.45, 2.75) is 38.4 Å². The average Bonchev–Trinajstić information content (AvgIpc) is 2.98. The van der Waals surface area contributed by atoms with Gasteiger partial charge in [0, 0.05) is 60.9 Å². The molecule has 3 heterocycles. The Bertz CT molecular complexity index is 1620. The molecule has 0 atom stereocenters. The summed E-state index contributed by atoms with van der Waals surface area (Å²) in [5.41, 5.74) is 0.740. The highest BCUT2D eigenvalue weighted by atomic mass is 79.9. The molecule has 2 N–H and O–H groups in total. The first-order chi connectivity index (χ1) is 20.2. The van der Waals surface area contributed by atoms with Crippen LogP contribution in [0.25, 0.3) is 10.9 Å². The van der Waals surface area contributed by atoms with Gasteiger partial charge in [0.15, 0.2) is 11.5 Å². The van der Waals surface area contributed by atoms with Crippen molar-refractivity contribution in [1.82, 2.24) is 19.9 Å². The molecule has 0 unspecified atom stereocenters. The Morgan fingerprint density at radius 3 is 2.62 bits per heavy atom. The molecule has 42 heavy (non-hydrogen) atoms. The maximum absolute atomic E-state index is 12.0. The normalized spacial score (nSPS) is 14.0. The summed E-state index contributed by atoms with van der Waals surface area (Å²) >= 11 is 3.46. The number of halogens is 1. The van der Waals surface area contributed by atoms with Crippen molar-refractivity contribution < 1.29 is 24.1 Å². The van der Waals surface area contributed by atoms with E-state index in [4.69, 9.17) is 14.2 Å². The van der Waals surface area contributed by atoms with E-state index in [1.165, 1.54) is 12.4 Å². The van der Waals surface area contributed by atoms with Gasteiger partial charge < -0.3 is 29.5 Å². The molecule has 1 saturated heterocycles. The van der Waals surface area contributed by atoms with Crippen molar-refractivity contribution in [1.29, 1.82) is 0 Å². The van der Waals surface area contributed by atoms with Gasteiger partial charge in [0.05, 0.1) is 22.7 Å². The van der Waals surface area contributed by atoms with Crippen molar-refractivity contribution >= 4 is 44.2 Å². The summed E-state index contributed by atoms with van der Waals surface area (Å²) in [5, 5.41) is 15.0. The first-order valence-electron chi connectivity index (χ1n) is 13.5. The first kappa shape index (κ1) is 29.3. The number of aromatic nitrogens is 3. The molecule has 2 aromatic carbocycles. The van der Waals surface area contributed by atoms with Gasteiger partial charge in [0.2, 0.25) is 11.8 Å². The molecule has 5 rings (SSSR count). The standard InChI is InChI=1S/C31H32BrN5O5/c1-5-28(38)37-13-10-19(11-14-37)41-27-16-21-24(17-26(27)40-4)34-18-35-29(21)36-25-15-20(8-9-22(25)31(2,3)39)42-30-23(32)7-6-12-33-30/h5-9,12,15-19,39H,1,10-11,13-14H2,2-4H3,(H,34,35,36). The number of carbonyl (C=O) groups is 1. The monoisotopic (exact) mass is 633 g/mol. The van der Waals surface area contributed by atoms with Crippen LogP contribution in [0.5, 0.6) is 23.1 Å². The van der Waals surface area contributed by atoms with Crippen LogP contribution in [0.4, 0.5) is 11.5 Å². The Labute approximate surface area is 252 Å². The number of anilines is 2. The Kier molecular flexibility index (Phi) is 8.60. The molecule has 1 fully saturated rings. The van der Waals surface area contributed by atoms with Crippen LogP contribution in [0.15, 0.2) is 72.1 Å². The Balaban J connectivity index is 1.47. The topological polar surface area (TPSA) is 119 Å². The van der Waals surface area contributed by atoms with Crippen molar-refractivity contribution in [3.05, 3.63) is 77.7 Å². The number of ether oxygens (including phenoxy) is 3. The lowest BCUT2D eigenvalue weighted by atomic mass is 9.96. The Morgan fingerprint density at radius 1 is 1.14 bits per heavy atom. The minimum Gasteiger partial charge on any atom is -0.493 e. The maximum atomic E-state index is 12.0. The molecule has 4 aromatic rings. The highest BCUT2D eigenvalue weighted by molar-refractivity contribution is 9.10. The summed E-state index contributed by atoms with van der Waals surface area (Å²) in [7, 11) is 1.58. The zero-order chi connectivity index (χ0) is 29.9. The van der Waals surface area contributed by atoms with Crippen LogP contribution in [-0.4, -0.2) is 57.2 Å². The molecular weight excluding hydrogens is 602 g/mol. The zero-order valence-electron chi connectivity index (χ0n) is 23.6. The lowest BCUT2D eigenvalue weighted by molar-refractivity contribution is -0.127. The number of amides is 1. The molecule has 10 nitrogen and oxygen atoms in total. The number of pyridine rings is 1. The molecule has 0 spiro atoms. The number of aliphatic hydroxyl groups is 1. The number of nitrogens with one attached hydrogen (secondary N) is 1. The van der Waals surface area contributed by atoms with Crippen molar-refractivity contribution in [3.63, 3.8) is 0 Å². The number of fused-ring (bicyclic) bond motifs is 1. The van der Waals surface area contributed by atoms with Gasteiger partial charge in [-0.1, -0.05) is 12.6 Å². The number of methoxy groups -OCH3 is 1. The summed E-state index contributed by atoms with van der Waals surface area (Å²) in [4.78, 5) is 27.0. The lowest BCUT2D eigenvalue weighted by Gasteiger charge is -2.31. The van der Waals surface area contributed by atoms with Crippen LogP contribution in [0.1, 0.15) is 32.3 Å². The molecule has 0 saturated carbocycles. The second-order valence-electron chi connectivity index (χ2n) is 10.4. The third-order valence-corrected chi connectivity index (χ3v) is 7.59. The molecule has 1 aliphatic heterocycles. The number of nitrogens with zero attached hydrogens (tertiary/aromatic N) is 4. The third kappa shape index (κ3) is 6.47. The SMILES string of the molecule is C=CC(=O)N1CCC(Oc2cc3c(Nc4cc(Oc5ncccc5Br)ccc4C(C)(C)O)ncnc3cc2OC)CC1. The number of benzene rings is 2. The second-order valence-corrected chi connectivity index (χ2v) is 11.2. The summed E-state index contributed by atoms with van der Waals surface area (Å²) < 4.78 is 18.8. The van der Waals surface area contributed by atoms with E-state index in [1.54, 1.807) is 56.3 Å². The van der Waals surface area contributed by atoms with Gasteiger partial charge in [-0.15, -0.1) is 0 Å². The molecular formula is C31H32BrN5O5. The second kappa shape index (κ2) is 12.3. The van der Waals surface area contributed by atoms with E-state index in [1.807, 2.05) is 18.2 Å². The highest BCUT2D eigenvalue weighted by Crippen LogP contribution is 2.39.